The molecule has 7 nitrogen and oxygen atoms in total. The highest BCUT2D eigenvalue weighted by atomic mass is 16.5. The quantitative estimate of drug-likeness (QED) is 0.575. The highest BCUT2D eigenvalue weighted by Gasteiger charge is 2.23. The minimum atomic E-state index is 0.155. The summed E-state index contributed by atoms with van der Waals surface area (Å²) in [7, 11) is 0. The summed E-state index contributed by atoms with van der Waals surface area (Å²) in [6, 6.07) is 0. The average Bonchev–Trinajstić information content (AvgIpc) is 2.58. The van der Waals surface area contributed by atoms with Gasteiger partial charge in [-0.3, -0.25) is 14.7 Å². The molecular weight excluding hydrogens is 318 g/mol. The molecule has 2 aliphatic rings. The molecule has 0 spiro atoms. The van der Waals surface area contributed by atoms with Crippen LogP contribution in [0.5, 0.6) is 0 Å². The molecule has 0 aromatic rings. The number of hydrogen-bond donors (Lipinski definition) is 1. The number of nitrogens with zero attached hydrogens (tertiary/aromatic N) is 4. The van der Waals surface area contributed by atoms with E-state index in [-0.39, 0.29) is 12.0 Å². The summed E-state index contributed by atoms with van der Waals surface area (Å²) in [6.45, 7) is 16.8. The van der Waals surface area contributed by atoms with E-state index in [1.807, 2.05) is 4.90 Å². The second-order valence-electron chi connectivity index (χ2n) is 7.33. The van der Waals surface area contributed by atoms with Gasteiger partial charge in [0.1, 0.15) is 0 Å². The van der Waals surface area contributed by atoms with Gasteiger partial charge in [-0.1, -0.05) is 13.8 Å². The van der Waals surface area contributed by atoms with Crippen molar-refractivity contribution in [2.24, 2.45) is 10.9 Å². The highest BCUT2D eigenvalue weighted by molar-refractivity contribution is 5.80. The first kappa shape index (κ1) is 20.0. The predicted molar refractivity (Wildman–Crippen MR) is 101 cm³/mol. The van der Waals surface area contributed by atoms with Gasteiger partial charge in [0.2, 0.25) is 5.91 Å². The summed E-state index contributed by atoms with van der Waals surface area (Å²) >= 11 is 0. The number of aliphatic imine (C=N–C) groups is 1. The van der Waals surface area contributed by atoms with Crippen LogP contribution >= 0.6 is 0 Å². The Balaban J connectivity index is 1.87. The smallest absolute Gasteiger partial charge is 0.219 e. The van der Waals surface area contributed by atoms with E-state index in [1.165, 1.54) is 0 Å². The molecule has 25 heavy (non-hydrogen) atoms. The monoisotopic (exact) mass is 353 g/mol. The number of morpholine rings is 1. The molecule has 1 amide bonds. The van der Waals surface area contributed by atoms with Gasteiger partial charge in [0.25, 0.3) is 0 Å². The van der Waals surface area contributed by atoms with Crippen LogP contribution in [0.25, 0.3) is 0 Å². The van der Waals surface area contributed by atoms with E-state index in [4.69, 9.17) is 9.73 Å². The molecule has 1 N–H and O–H groups in total. The number of amides is 1. The van der Waals surface area contributed by atoms with Crippen molar-refractivity contribution in [1.82, 2.24) is 20.0 Å². The molecule has 1 unspecified atom stereocenters. The Labute approximate surface area is 152 Å². The molecule has 0 saturated carbocycles. The van der Waals surface area contributed by atoms with Gasteiger partial charge in [0, 0.05) is 59.3 Å². The third-order valence-electron chi connectivity index (χ3n) is 4.65. The van der Waals surface area contributed by atoms with E-state index in [2.05, 4.69) is 35.9 Å². The van der Waals surface area contributed by atoms with E-state index in [9.17, 15) is 4.79 Å². The topological polar surface area (TPSA) is 60.4 Å². The van der Waals surface area contributed by atoms with Crippen molar-refractivity contribution in [1.29, 1.82) is 0 Å². The van der Waals surface area contributed by atoms with Crippen LogP contribution in [0.2, 0.25) is 0 Å². The van der Waals surface area contributed by atoms with E-state index < -0.39 is 0 Å². The maximum Gasteiger partial charge on any atom is 0.219 e. The number of carbonyl (C=O) groups is 1. The first-order valence-electron chi connectivity index (χ1n) is 9.62. The van der Waals surface area contributed by atoms with Gasteiger partial charge >= 0.3 is 0 Å². The molecule has 0 aliphatic carbocycles. The zero-order chi connectivity index (χ0) is 18.2. The normalized spacial score (nSPS) is 23.2. The molecular formula is C18H35N5O2. The highest BCUT2D eigenvalue weighted by Crippen LogP contribution is 2.09. The summed E-state index contributed by atoms with van der Waals surface area (Å²) in [5.74, 6) is 1.77. The Kier molecular flexibility index (Phi) is 7.96. The Bertz CT molecular complexity index is 447. The molecule has 0 aromatic carbocycles. The van der Waals surface area contributed by atoms with Crippen molar-refractivity contribution in [3.8, 4) is 0 Å². The van der Waals surface area contributed by atoms with Crippen molar-refractivity contribution >= 4 is 11.9 Å². The van der Waals surface area contributed by atoms with Gasteiger partial charge in [-0.05, 0) is 12.8 Å². The minimum Gasteiger partial charge on any atom is -0.374 e. The largest absolute Gasteiger partial charge is 0.374 e. The number of piperazine rings is 1. The fraction of sp³-hybridized carbons (Fsp3) is 0.889. The fourth-order valence-corrected chi connectivity index (χ4v) is 3.42. The van der Waals surface area contributed by atoms with Gasteiger partial charge in [0.05, 0.1) is 19.3 Å². The predicted octanol–water partition coefficient (Wildman–Crippen LogP) is 0.473. The van der Waals surface area contributed by atoms with E-state index in [0.29, 0.717) is 12.5 Å². The summed E-state index contributed by atoms with van der Waals surface area (Å²) in [6.07, 6.45) is 0.166. The summed E-state index contributed by atoms with van der Waals surface area (Å²) in [5.41, 5.74) is 0. The number of hydrogen-bond acceptors (Lipinski definition) is 4. The van der Waals surface area contributed by atoms with Crippen molar-refractivity contribution in [3.63, 3.8) is 0 Å². The number of rotatable bonds is 5. The Morgan fingerprint density at radius 3 is 2.48 bits per heavy atom. The SMILES string of the molecule is CCNC(=NCC1CN(CC(C)C)CCO1)N1CCN(C(C)=O)CC1. The molecule has 2 aliphatic heterocycles. The number of nitrogens with one attached hydrogen (secondary N) is 1. The second-order valence-corrected chi connectivity index (χ2v) is 7.33. The lowest BCUT2D eigenvalue weighted by molar-refractivity contribution is -0.130. The lowest BCUT2D eigenvalue weighted by Crippen LogP contribution is -2.53. The second kappa shape index (κ2) is 9.97. The Morgan fingerprint density at radius 1 is 1.20 bits per heavy atom. The summed E-state index contributed by atoms with van der Waals surface area (Å²) < 4.78 is 5.91. The van der Waals surface area contributed by atoms with Crippen LogP contribution in [0, 0.1) is 5.92 Å². The third-order valence-corrected chi connectivity index (χ3v) is 4.65. The van der Waals surface area contributed by atoms with Crippen LogP contribution in [0.15, 0.2) is 4.99 Å². The third kappa shape index (κ3) is 6.47. The lowest BCUT2D eigenvalue weighted by Gasteiger charge is -2.36. The first-order chi connectivity index (χ1) is 12.0. The van der Waals surface area contributed by atoms with Crippen LogP contribution in [0.4, 0.5) is 0 Å². The van der Waals surface area contributed by atoms with Crippen LogP contribution in [-0.4, -0.2) is 98.2 Å². The Morgan fingerprint density at radius 2 is 1.88 bits per heavy atom. The van der Waals surface area contributed by atoms with Gasteiger partial charge in [-0.25, -0.2) is 0 Å². The molecule has 0 bridgehead atoms. The van der Waals surface area contributed by atoms with Gasteiger partial charge in [0.15, 0.2) is 5.96 Å². The molecule has 0 aromatic heterocycles. The zero-order valence-electron chi connectivity index (χ0n) is 16.3. The maximum absolute atomic E-state index is 11.5. The van der Waals surface area contributed by atoms with Crippen molar-refractivity contribution in [2.45, 2.75) is 33.8 Å². The molecule has 2 saturated heterocycles. The Hall–Kier alpha value is -1.34. The average molecular weight is 354 g/mol. The van der Waals surface area contributed by atoms with Crippen LogP contribution in [0.3, 0.4) is 0 Å². The van der Waals surface area contributed by atoms with E-state index >= 15 is 0 Å². The molecule has 2 fully saturated rings. The minimum absolute atomic E-state index is 0.155. The lowest BCUT2D eigenvalue weighted by atomic mass is 10.2. The van der Waals surface area contributed by atoms with Crippen molar-refractivity contribution < 1.29 is 9.53 Å². The first-order valence-corrected chi connectivity index (χ1v) is 9.62. The van der Waals surface area contributed by atoms with Crippen molar-refractivity contribution in [3.05, 3.63) is 0 Å². The van der Waals surface area contributed by atoms with Gasteiger partial charge in [-0.15, -0.1) is 0 Å². The van der Waals surface area contributed by atoms with E-state index in [0.717, 1.165) is 64.9 Å². The molecule has 144 valence electrons. The number of ether oxygens (including phenoxy) is 1. The molecule has 2 rings (SSSR count). The van der Waals surface area contributed by atoms with Gasteiger partial charge < -0.3 is 19.9 Å². The number of guanidine groups is 1. The summed E-state index contributed by atoms with van der Waals surface area (Å²) in [4.78, 5) is 22.9. The molecule has 2 heterocycles. The van der Waals surface area contributed by atoms with Gasteiger partial charge in [-0.2, -0.15) is 0 Å². The molecule has 1 atom stereocenters. The number of carbonyl (C=O) groups excluding carboxylic acids is 1. The van der Waals surface area contributed by atoms with Crippen LogP contribution < -0.4 is 5.32 Å². The summed E-state index contributed by atoms with van der Waals surface area (Å²) in [5, 5.41) is 3.38. The van der Waals surface area contributed by atoms with Crippen LogP contribution in [-0.2, 0) is 9.53 Å². The molecule has 0 radical (unpaired) electrons. The molecule has 7 heteroatoms. The fourth-order valence-electron chi connectivity index (χ4n) is 3.42. The van der Waals surface area contributed by atoms with Crippen molar-refractivity contribution in [2.75, 3.05) is 65.5 Å². The standard InChI is InChI=1S/C18H35N5O2/c1-5-19-18(23-8-6-22(7-9-23)16(4)24)20-12-17-14-21(10-11-25-17)13-15(2)3/h15,17H,5-14H2,1-4H3,(H,19,20). The van der Waals surface area contributed by atoms with E-state index in [1.54, 1.807) is 6.92 Å². The van der Waals surface area contributed by atoms with Crippen LogP contribution in [0.1, 0.15) is 27.7 Å². The maximum atomic E-state index is 11.5. The zero-order valence-corrected chi connectivity index (χ0v) is 16.3.